The van der Waals surface area contributed by atoms with Gasteiger partial charge in [-0.2, -0.15) is 0 Å². The molecule has 0 spiro atoms. The number of nitrogens with one attached hydrogen (secondary N) is 2. The summed E-state index contributed by atoms with van der Waals surface area (Å²) in [6.45, 7) is 1.41. The number of carbonyl (C=O) groups is 1. The van der Waals surface area contributed by atoms with Gasteiger partial charge in [0.25, 0.3) is 0 Å². The van der Waals surface area contributed by atoms with Crippen LogP contribution in [0.4, 0.5) is 25.8 Å². The molecule has 2 N–H and O–H groups in total. The fraction of sp³-hybridized carbons (Fsp3) is 0.190. The van der Waals surface area contributed by atoms with Crippen molar-refractivity contribution in [2.24, 2.45) is 4.99 Å². The van der Waals surface area contributed by atoms with Crippen LogP contribution in [0, 0.1) is 11.6 Å². The molecule has 0 aliphatic carbocycles. The summed E-state index contributed by atoms with van der Waals surface area (Å²) in [6.07, 6.45) is 7.57. The van der Waals surface area contributed by atoms with Crippen LogP contribution in [-0.4, -0.2) is 28.2 Å². The largest absolute Gasteiger partial charge is 0.383 e. The highest BCUT2D eigenvalue weighted by molar-refractivity contribution is 6.12. The minimum atomic E-state index is -0.704. The topological polar surface area (TPSA) is 71.3 Å². The molecule has 6 nitrogen and oxygen atoms in total. The smallest absolute Gasteiger partial charge is 0.237 e. The van der Waals surface area contributed by atoms with Crippen molar-refractivity contribution in [3.63, 3.8) is 0 Å². The summed E-state index contributed by atoms with van der Waals surface area (Å²) in [4.78, 5) is 20.3. The number of fused-ring (bicyclic) bond motifs is 1. The number of aliphatic imine (C=N–C) groups is 1. The van der Waals surface area contributed by atoms with Crippen LogP contribution in [-0.2, 0) is 11.3 Å². The maximum absolute atomic E-state index is 14.3. The second-order valence-electron chi connectivity index (χ2n) is 6.72. The first-order valence-electron chi connectivity index (χ1n) is 9.24. The van der Waals surface area contributed by atoms with Crippen molar-refractivity contribution in [3.8, 4) is 0 Å². The Morgan fingerprint density at radius 2 is 2.14 bits per heavy atom. The average Bonchev–Trinajstić information content (AvgIpc) is 3.32. The maximum Gasteiger partial charge on any atom is 0.237 e. The van der Waals surface area contributed by atoms with Gasteiger partial charge in [-0.25, -0.2) is 13.8 Å². The summed E-state index contributed by atoms with van der Waals surface area (Å²) in [5, 5.41) is 5.74. The Morgan fingerprint density at radius 3 is 2.93 bits per heavy atom. The van der Waals surface area contributed by atoms with E-state index in [2.05, 4.69) is 20.6 Å². The molecule has 1 aromatic heterocycles. The second kappa shape index (κ2) is 8.22. The van der Waals surface area contributed by atoms with Crippen molar-refractivity contribution in [2.75, 3.05) is 17.2 Å². The van der Waals surface area contributed by atoms with Crippen LogP contribution in [0.5, 0.6) is 0 Å². The minimum absolute atomic E-state index is 0.286. The van der Waals surface area contributed by atoms with Gasteiger partial charge >= 0.3 is 0 Å². The van der Waals surface area contributed by atoms with Crippen molar-refractivity contribution in [3.05, 3.63) is 72.3 Å². The van der Waals surface area contributed by atoms with Gasteiger partial charge in [-0.3, -0.25) is 9.79 Å². The molecule has 29 heavy (non-hydrogen) atoms. The molecule has 0 saturated heterocycles. The van der Waals surface area contributed by atoms with Gasteiger partial charge in [0.15, 0.2) is 0 Å². The lowest BCUT2D eigenvalue weighted by atomic mass is 10.0. The Labute approximate surface area is 166 Å². The van der Waals surface area contributed by atoms with Crippen LogP contribution < -0.4 is 10.6 Å². The molecule has 8 heteroatoms. The van der Waals surface area contributed by atoms with Crippen LogP contribution in [0.25, 0.3) is 0 Å². The highest BCUT2D eigenvalue weighted by Gasteiger charge is 2.29. The molecule has 1 unspecified atom stereocenters. The summed E-state index contributed by atoms with van der Waals surface area (Å²) in [7, 11) is 0. The molecule has 4 rings (SSSR count). The van der Waals surface area contributed by atoms with Gasteiger partial charge in [0.2, 0.25) is 5.91 Å². The van der Waals surface area contributed by atoms with E-state index < -0.39 is 17.6 Å². The van der Waals surface area contributed by atoms with Gasteiger partial charge in [0, 0.05) is 43.5 Å². The zero-order chi connectivity index (χ0) is 20.2. The first-order chi connectivity index (χ1) is 14.1. The van der Waals surface area contributed by atoms with Crippen molar-refractivity contribution >= 4 is 29.2 Å². The van der Waals surface area contributed by atoms with Crippen molar-refractivity contribution < 1.29 is 13.6 Å². The third kappa shape index (κ3) is 4.31. The van der Waals surface area contributed by atoms with Crippen molar-refractivity contribution in [2.45, 2.75) is 18.9 Å². The van der Waals surface area contributed by atoms with E-state index in [0.717, 1.165) is 13.0 Å². The van der Waals surface area contributed by atoms with E-state index in [4.69, 9.17) is 0 Å². The molecule has 1 atom stereocenters. The summed E-state index contributed by atoms with van der Waals surface area (Å²) in [5.41, 5.74) is 1.86. The Kier molecular flexibility index (Phi) is 5.33. The molecule has 2 heterocycles. The molecule has 3 aromatic rings. The molecule has 1 aliphatic heterocycles. The predicted octanol–water partition coefficient (Wildman–Crippen LogP) is 4.10. The third-order valence-corrected chi connectivity index (χ3v) is 4.68. The summed E-state index contributed by atoms with van der Waals surface area (Å²) in [6, 6.07) is 8.69. The number of hydrogen-bond acceptors (Lipinski definition) is 4. The fourth-order valence-electron chi connectivity index (χ4n) is 3.20. The normalized spacial score (nSPS) is 15.5. The number of aromatic nitrogens is 2. The molecule has 0 bridgehead atoms. The molecule has 1 aliphatic rings. The third-order valence-electron chi connectivity index (χ3n) is 4.68. The van der Waals surface area contributed by atoms with E-state index in [0.29, 0.717) is 29.2 Å². The maximum atomic E-state index is 14.3. The number of anilines is 2. The number of amides is 1. The summed E-state index contributed by atoms with van der Waals surface area (Å²) >= 11 is 0. The highest BCUT2D eigenvalue weighted by atomic mass is 19.1. The van der Waals surface area contributed by atoms with Crippen LogP contribution in [0.2, 0.25) is 0 Å². The average molecular weight is 395 g/mol. The lowest BCUT2D eigenvalue weighted by Gasteiger charge is -2.08. The molecule has 1 amide bonds. The molecule has 148 valence electrons. The van der Waals surface area contributed by atoms with Crippen LogP contribution in [0.1, 0.15) is 17.9 Å². The van der Waals surface area contributed by atoms with Gasteiger partial charge in [0.05, 0.1) is 17.7 Å². The first kappa shape index (κ1) is 18.8. The van der Waals surface area contributed by atoms with E-state index in [9.17, 15) is 13.6 Å². The number of nitrogens with zero attached hydrogens (tertiary/aromatic N) is 3. The zero-order valence-corrected chi connectivity index (χ0v) is 15.5. The van der Waals surface area contributed by atoms with E-state index in [1.807, 2.05) is 10.8 Å². The Balaban J connectivity index is 1.38. The predicted molar refractivity (Wildman–Crippen MR) is 108 cm³/mol. The SMILES string of the molecule is O=C1Nc2ccc(F)cc2C1C=Nc1ccc(NCCCn2ccnc2)c(F)c1. The first-order valence-corrected chi connectivity index (χ1v) is 9.24. The van der Waals surface area contributed by atoms with Crippen LogP contribution in [0.3, 0.4) is 0 Å². The fourth-order valence-corrected chi connectivity index (χ4v) is 3.20. The Bertz CT molecular complexity index is 1050. The molecule has 0 saturated carbocycles. The number of benzene rings is 2. The minimum Gasteiger partial charge on any atom is -0.383 e. The van der Waals surface area contributed by atoms with Gasteiger partial charge in [-0.15, -0.1) is 0 Å². The monoisotopic (exact) mass is 395 g/mol. The van der Waals surface area contributed by atoms with Crippen LogP contribution in [0.15, 0.2) is 60.1 Å². The quantitative estimate of drug-likeness (QED) is 0.467. The molecular formula is C21H19F2N5O. The number of rotatable bonds is 7. The summed E-state index contributed by atoms with van der Waals surface area (Å²) in [5.74, 6) is -1.84. The van der Waals surface area contributed by atoms with E-state index >= 15 is 0 Å². The second-order valence-corrected chi connectivity index (χ2v) is 6.72. The van der Waals surface area contributed by atoms with Gasteiger partial charge in [0.1, 0.15) is 17.6 Å². The van der Waals surface area contributed by atoms with Gasteiger partial charge in [-0.05, 0) is 42.3 Å². The van der Waals surface area contributed by atoms with Crippen LogP contribution >= 0.6 is 0 Å². The number of imidazole rings is 1. The zero-order valence-electron chi connectivity index (χ0n) is 15.5. The summed E-state index contributed by atoms with van der Waals surface area (Å²) < 4.78 is 29.8. The highest BCUT2D eigenvalue weighted by Crippen LogP contribution is 2.32. The lowest BCUT2D eigenvalue weighted by Crippen LogP contribution is -2.12. The Morgan fingerprint density at radius 1 is 1.24 bits per heavy atom. The van der Waals surface area contributed by atoms with E-state index in [1.165, 1.54) is 30.5 Å². The number of aryl methyl sites for hydroxylation is 1. The molecule has 0 radical (unpaired) electrons. The van der Waals surface area contributed by atoms with E-state index in [-0.39, 0.29) is 5.91 Å². The van der Waals surface area contributed by atoms with E-state index in [1.54, 1.807) is 24.7 Å². The molecule has 0 fully saturated rings. The van der Waals surface area contributed by atoms with Crippen molar-refractivity contribution in [1.29, 1.82) is 0 Å². The van der Waals surface area contributed by atoms with Gasteiger partial charge < -0.3 is 15.2 Å². The number of hydrogen-bond donors (Lipinski definition) is 2. The molecule has 2 aromatic carbocycles. The van der Waals surface area contributed by atoms with Gasteiger partial charge in [-0.1, -0.05) is 0 Å². The lowest BCUT2D eigenvalue weighted by molar-refractivity contribution is -0.115. The Hall–Kier alpha value is -3.55. The number of carbonyl (C=O) groups excluding carboxylic acids is 1. The standard InChI is InChI=1S/C21H19F2N5O/c22-14-2-4-19-16(10-14)17(21(29)27-19)12-26-15-3-5-20(18(23)11-15)25-6-1-8-28-9-7-24-13-28/h2-5,7,9-13,17,25H,1,6,8H2,(H,27,29). The number of halogens is 2. The van der Waals surface area contributed by atoms with Crippen molar-refractivity contribution in [1.82, 2.24) is 9.55 Å². The molecular weight excluding hydrogens is 376 g/mol.